The highest BCUT2D eigenvalue weighted by molar-refractivity contribution is 8.00. The molecule has 0 amide bonds. The second-order valence-electron chi connectivity index (χ2n) is 6.33. The SMILES string of the molecule is O=S1CCCC(C2CCC(C3CCCCO3)SC2)C1. The van der Waals surface area contributed by atoms with Gasteiger partial charge in [-0.2, -0.15) is 11.8 Å². The minimum Gasteiger partial charge on any atom is -0.377 e. The van der Waals surface area contributed by atoms with E-state index in [1.165, 1.54) is 50.7 Å². The standard InChI is InChI=1S/C15H26O2S2/c16-19-9-3-4-13(11-19)12-6-7-15(18-10-12)14-5-1-2-8-17-14/h12-15H,1-11H2. The zero-order valence-electron chi connectivity index (χ0n) is 11.7. The van der Waals surface area contributed by atoms with E-state index in [9.17, 15) is 4.21 Å². The van der Waals surface area contributed by atoms with Crippen molar-refractivity contribution < 1.29 is 8.95 Å². The minimum absolute atomic E-state index is 0.519. The highest BCUT2D eigenvalue weighted by Crippen LogP contribution is 2.40. The Labute approximate surface area is 123 Å². The number of thioether (sulfide) groups is 1. The molecule has 2 nitrogen and oxygen atoms in total. The highest BCUT2D eigenvalue weighted by atomic mass is 32.2. The van der Waals surface area contributed by atoms with Crippen LogP contribution in [0.5, 0.6) is 0 Å². The first-order chi connectivity index (χ1) is 9.33. The van der Waals surface area contributed by atoms with E-state index >= 15 is 0 Å². The fourth-order valence-electron chi connectivity index (χ4n) is 3.80. The van der Waals surface area contributed by atoms with Crippen LogP contribution in [0.4, 0.5) is 0 Å². The maximum atomic E-state index is 11.7. The molecule has 3 fully saturated rings. The maximum absolute atomic E-state index is 11.7. The van der Waals surface area contributed by atoms with Gasteiger partial charge in [0.25, 0.3) is 0 Å². The maximum Gasteiger partial charge on any atom is 0.0693 e. The molecule has 3 saturated heterocycles. The molecule has 0 saturated carbocycles. The quantitative estimate of drug-likeness (QED) is 0.783. The molecule has 0 spiro atoms. The fourth-order valence-corrected chi connectivity index (χ4v) is 7.04. The Kier molecular flexibility index (Phi) is 5.27. The third-order valence-electron chi connectivity index (χ3n) is 4.99. The van der Waals surface area contributed by atoms with Crippen molar-refractivity contribution in [2.45, 2.75) is 56.3 Å². The second kappa shape index (κ2) is 6.95. The average molecular weight is 303 g/mol. The van der Waals surface area contributed by atoms with Crippen molar-refractivity contribution in [3.05, 3.63) is 0 Å². The van der Waals surface area contributed by atoms with Gasteiger partial charge in [-0.25, -0.2) is 0 Å². The lowest BCUT2D eigenvalue weighted by Crippen LogP contribution is -2.37. The van der Waals surface area contributed by atoms with Gasteiger partial charge in [-0.1, -0.05) is 0 Å². The van der Waals surface area contributed by atoms with Crippen molar-refractivity contribution in [2.75, 3.05) is 23.9 Å². The first kappa shape index (κ1) is 14.4. The van der Waals surface area contributed by atoms with Gasteiger partial charge in [0.1, 0.15) is 0 Å². The lowest BCUT2D eigenvalue weighted by atomic mass is 9.86. The Balaban J connectivity index is 1.47. The van der Waals surface area contributed by atoms with Crippen LogP contribution >= 0.6 is 11.8 Å². The van der Waals surface area contributed by atoms with Crippen LogP contribution in [-0.2, 0) is 15.5 Å². The second-order valence-corrected chi connectivity index (χ2v) is 9.22. The van der Waals surface area contributed by atoms with Crippen LogP contribution in [0.2, 0.25) is 0 Å². The highest BCUT2D eigenvalue weighted by Gasteiger charge is 2.34. The van der Waals surface area contributed by atoms with Gasteiger partial charge < -0.3 is 4.74 Å². The molecule has 4 heteroatoms. The van der Waals surface area contributed by atoms with Gasteiger partial charge in [-0.15, -0.1) is 0 Å². The lowest BCUT2D eigenvalue weighted by molar-refractivity contribution is 0.0120. The summed E-state index contributed by atoms with van der Waals surface area (Å²) in [5, 5.41) is 0.741. The average Bonchev–Trinajstić information content (AvgIpc) is 2.48. The Hall–Kier alpha value is 0.460. The molecule has 0 aromatic carbocycles. The van der Waals surface area contributed by atoms with Crippen molar-refractivity contribution in [2.24, 2.45) is 11.8 Å². The number of rotatable bonds is 2. The van der Waals surface area contributed by atoms with Crippen LogP contribution in [0.15, 0.2) is 0 Å². The summed E-state index contributed by atoms with van der Waals surface area (Å²) in [5.41, 5.74) is 0. The topological polar surface area (TPSA) is 26.3 Å². The molecular formula is C15H26O2S2. The van der Waals surface area contributed by atoms with Gasteiger partial charge in [0.05, 0.1) is 6.10 Å². The molecule has 3 aliphatic rings. The van der Waals surface area contributed by atoms with Gasteiger partial charge in [0, 0.05) is 34.2 Å². The molecule has 0 aromatic rings. The van der Waals surface area contributed by atoms with E-state index < -0.39 is 10.8 Å². The summed E-state index contributed by atoms with van der Waals surface area (Å²) in [4.78, 5) is 0. The van der Waals surface area contributed by atoms with Gasteiger partial charge in [-0.05, 0) is 62.5 Å². The minimum atomic E-state index is -0.519. The Morgan fingerprint density at radius 3 is 2.63 bits per heavy atom. The zero-order chi connectivity index (χ0) is 13.1. The molecule has 110 valence electrons. The molecule has 0 aromatic heterocycles. The van der Waals surface area contributed by atoms with Crippen molar-refractivity contribution in [1.82, 2.24) is 0 Å². The van der Waals surface area contributed by atoms with Gasteiger partial charge in [0.2, 0.25) is 0 Å². The molecule has 19 heavy (non-hydrogen) atoms. The summed E-state index contributed by atoms with van der Waals surface area (Å²) in [5.74, 6) is 4.79. The first-order valence-corrected chi connectivity index (χ1v) is 10.4. The number of hydrogen-bond acceptors (Lipinski definition) is 3. The summed E-state index contributed by atoms with van der Waals surface area (Å²) in [6.07, 6.45) is 9.59. The normalized spacial score (nSPS) is 44.9. The van der Waals surface area contributed by atoms with E-state index in [0.717, 1.165) is 35.2 Å². The number of ether oxygens (including phenoxy) is 1. The summed E-state index contributed by atoms with van der Waals surface area (Å²) in [7, 11) is -0.519. The molecule has 0 bridgehead atoms. The molecular weight excluding hydrogens is 276 g/mol. The molecule has 5 unspecified atom stereocenters. The summed E-state index contributed by atoms with van der Waals surface area (Å²) >= 11 is 2.15. The van der Waals surface area contributed by atoms with E-state index in [1.54, 1.807) is 0 Å². The lowest BCUT2D eigenvalue weighted by Gasteiger charge is -2.38. The Morgan fingerprint density at radius 1 is 1.00 bits per heavy atom. The van der Waals surface area contributed by atoms with Gasteiger partial charge >= 0.3 is 0 Å². The molecule has 3 aliphatic heterocycles. The fraction of sp³-hybridized carbons (Fsp3) is 1.00. The van der Waals surface area contributed by atoms with Crippen LogP contribution in [0.25, 0.3) is 0 Å². The van der Waals surface area contributed by atoms with Crippen molar-refractivity contribution in [1.29, 1.82) is 0 Å². The van der Waals surface area contributed by atoms with Crippen LogP contribution in [0.3, 0.4) is 0 Å². The summed E-state index contributed by atoms with van der Waals surface area (Å²) < 4.78 is 17.7. The van der Waals surface area contributed by atoms with Crippen molar-refractivity contribution in [3.63, 3.8) is 0 Å². The van der Waals surface area contributed by atoms with Crippen molar-refractivity contribution >= 4 is 22.6 Å². The van der Waals surface area contributed by atoms with Crippen LogP contribution < -0.4 is 0 Å². The molecule has 0 aliphatic carbocycles. The number of hydrogen-bond donors (Lipinski definition) is 0. The summed E-state index contributed by atoms with van der Waals surface area (Å²) in [6, 6.07) is 0. The first-order valence-electron chi connectivity index (χ1n) is 7.91. The van der Waals surface area contributed by atoms with Crippen LogP contribution in [0, 0.1) is 11.8 Å². The van der Waals surface area contributed by atoms with Crippen LogP contribution in [-0.4, -0.2) is 39.4 Å². The Bertz CT molecular complexity index is 307. The van der Waals surface area contributed by atoms with Gasteiger partial charge in [0.15, 0.2) is 0 Å². The van der Waals surface area contributed by atoms with E-state index in [-0.39, 0.29) is 0 Å². The third-order valence-corrected chi connectivity index (χ3v) is 8.12. The van der Waals surface area contributed by atoms with E-state index in [4.69, 9.17) is 4.74 Å². The largest absolute Gasteiger partial charge is 0.377 e. The predicted molar refractivity (Wildman–Crippen MR) is 83.2 cm³/mol. The van der Waals surface area contributed by atoms with E-state index in [0.29, 0.717) is 6.10 Å². The molecule has 0 N–H and O–H groups in total. The predicted octanol–water partition coefficient (Wildman–Crippen LogP) is 3.23. The monoisotopic (exact) mass is 302 g/mol. The van der Waals surface area contributed by atoms with Crippen LogP contribution in [0.1, 0.15) is 44.9 Å². The molecule has 5 atom stereocenters. The smallest absolute Gasteiger partial charge is 0.0693 e. The van der Waals surface area contributed by atoms with Crippen molar-refractivity contribution in [3.8, 4) is 0 Å². The van der Waals surface area contributed by atoms with Gasteiger partial charge in [-0.3, -0.25) is 4.21 Å². The zero-order valence-corrected chi connectivity index (χ0v) is 13.4. The summed E-state index contributed by atoms with van der Waals surface area (Å²) in [6.45, 7) is 0.979. The van der Waals surface area contributed by atoms with E-state index in [2.05, 4.69) is 11.8 Å². The van der Waals surface area contributed by atoms with E-state index in [1.807, 2.05) is 0 Å². The third kappa shape index (κ3) is 3.76. The Morgan fingerprint density at radius 2 is 1.95 bits per heavy atom. The molecule has 3 rings (SSSR count). The molecule has 3 heterocycles. The molecule has 0 radical (unpaired) electrons.